The number of rotatable bonds is 3. The number of hydrogen-bond acceptors (Lipinski definition) is 3. The van der Waals surface area contributed by atoms with Gasteiger partial charge < -0.3 is 9.63 Å². The number of benzene rings is 1. The van der Waals surface area contributed by atoms with E-state index >= 15 is 0 Å². The molecule has 1 aromatic heterocycles. The fourth-order valence-corrected chi connectivity index (χ4v) is 1.71. The van der Waals surface area contributed by atoms with Crippen molar-refractivity contribution in [3.8, 4) is 0 Å². The predicted molar refractivity (Wildman–Crippen MR) is 59.4 cm³/mol. The Morgan fingerprint density at radius 1 is 1.50 bits per heavy atom. The molecular weight excluding hydrogens is 206 g/mol. The topological polar surface area (TPSA) is 63.3 Å². The summed E-state index contributed by atoms with van der Waals surface area (Å²) >= 11 is 0. The first kappa shape index (κ1) is 10.7. The lowest BCUT2D eigenvalue weighted by atomic mass is 10.0. The third-order valence-electron chi connectivity index (χ3n) is 2.45. The van der Waals surface area contributed by atoms with Gasteiger partial charge in [0, 0.05) is 11.3 Å². The summed E-state index contributed by atoms with van der Waals surface area (Å²) < 4.78 is 5.24. The van der Waals surface area contributed by atoms with Crippen LogP contribution in [0.4, 0.5) is 0 Å². The molecule has 0 radical (unpaired) electrons. The lowest BCUT2D eigenvalue weighted by Crippen LogP contribution is -1.99. The summed E-state index contributed by atoms with van der Waals surface area (Å²) in [5.74, 6) is 0.277. The van der Waals surface area contributed by atoms with Crippen molar-refractivity contribution in [2.45, 2.75) is 26.2 Å². The highest BCUT2D eigenvalue weighted by atomic mass is 16.5. The average molecular weight is 219 g/mol. The van der Waals surface area contributed by atoms with E-state index in [2.05, 4.69) is 5.16 Å². The van der Waals surface area contributed by atoms with E-state index < -0.39 is 5.97 Å². The molecule has 4 heteroatoms. The summed E-state index contributed by atoms with van der Waals surface area (Å²) in [6, 6.07) is 5.44. The molecule has 84 valence electrons. The van der Waals surface area contributed by atoms with E-state index in [0.29, 0.717) is 0 Å². The van der Waals surface area contributed by atoms with Gasteiger partial charge in [0.1, 0.15) is 11.3 Å². The highest BCUT2D eigenvalue weighted by Crippen LogP contribution is 2.25. The normalized spacial score (nSPS) is 11.2. The molecule has 0 fully saturated rings. The molecule has 0 aliphatic heterocycles. The zero-order valence-electron chi connectivity index (χ0n) is 9.23. The quantitative estimate of drug-likeness (QED) is 0.861. The molecule has 0 spiro atoms. The molecule has 0 bridgehead atoms. The van der Waals surface area contributed by atoms with E-state index in [1.54, 1.807) is 12.1 Å². The third kappa shape index (κ3) is 1.91. The molecular formula is C12H13NO3. The third-order valence-corrected chi connectivity index (χ3v) is 2.45. The van der Waals surface area contributed by atoms with Crippen molar-refractivity contribution in [2.75, 3.05) is 0 Å². The van der Waals surface area contributed by atoms with Crippen LogP contribution in [0.25, 0.3) is 10.9 Å². The van der Waals surface area contributed by atoms with Crippen molar-refractivity contribution >= 4 is 16.9 Å². The van der Waals surface area contributed by atoms with Crippen molar-refractivity contribution in [3.63, 3.8) is 0 Å². The largest absolute Gasteiger partial charge is 0.481 e. The first-order valence-electron chi connectivity index (χ1n) is 5.18. The van der Waals surface area contributed by atoms with Gasteiger partial charge in [0.05, 0.1) is 6.42 Å². The number of aromatic nitrogens is 1. The molecule has 4 nitrogen and oxygen atoms in total. The molecule has 0 aliphatic carbocycles. The summed E-state index contributed by atoms with van der Waals surface area (Å²) in [7, 11) is 0. The van der Waals surface area contributed by atoms with Gasteiger partial charge in [0.2, 0.25) is 0 Å². The van der Waals surface area contributed by atoms with Crippen LogP contribution in [0.3, 0.4) is 0 Å². The fourth-order valence-electron chi connectivity index (χ4n) is 1.71. The van der Waals surface area contributed by atoms with Gasteiger partial charge in [-0.15, -0.1) is 0 Å². The van der Waals surface area contributed by atoms with E-state index in [1.807, 2.05) is 19.9 Å². The van der Waals surface area contributed by atoms with Gasteiger partial charge in [-0.25, -0.2) is 0 Å². The monoisotopic (exact) mass is 219 g/mol. The van der Waals surface area contributed by atoms with Gasteiger partial charge in [-0.2, -0.15) is 0 Å². The molecule has 0 amide bonds. The van der Waals surface area contributed by atoms with Crippen LogP contribution < -0.4 is 0 Å². The lowest BCUT2D eigenvalue weighted by molar-refractivity contribution is -0.136. The van der Waals surface area contributed by atoms with Gasteiger partial charge in [0.15, 0.2) is 0 Å². The van der Waals surface area contributed by atoms with Crippen LogP contribution in [0.2, 0.25) is 0 Å². The Kier molecular flexibility index (Phi) is 2.64. The molecule has 0 saturated carbocycles. The smallest absolute Gasteiger partial charge is 0.307 e. The first-order valence-corrected chi connectivity index (χ1v) is 5.18. The van der Waals surface area contributed by atoms with Crippen LogP contribution in [0.5, 0.6) is 0 Å². The number of hydrogen-bond donors (Lipinski definition) is 1. The molecule has 1 aromatic carbocycles. The second-order valence-corrected chi connectivity index (χ2v) is 4.12. The van der Waals surface area contributed by atoms with E-state index in [0.717, 1.165) is 22.2 Å². The maximum absolute atomic E-state index is 10.6. The number of carboxylic acid groups (broad SMARTS) is 1. The second-order valence-electron chi connectivity index (χ2n) is 4.12. The van der Waals surface area contributed by atoms with Crippen LogP contribution in [0.1, 0.15) is 31.1 Å². The van der Waals surface area contributed by atoms with Gasteiger partial charge in [-0.3, -0.25) is 4.79 Å². The van der Waals surface area contributed by atoms with Crippen LogP contribution >= 0.6 is 0 Å². The Balaban J connectivity index is 2.45. The molecule has 0 saturated heterocycles. The van der Waals surface area contributed by atoms with Gasteiger partial charge >= 0.3 is 5.97 Å². The van der Waals surface area contributed by atoms with Gasteiger partial charge in [-0.1, -0.05) is 25.1 Å². The summed E-state index contributed by atoms with van der Waals surface area (Å²) in [5, 5.41) is 13.6. The average Bonchev–Trinajstić information content (AvgIpc) is 2.59. The van der Waals surface area contributed by atoms with Crippen molar-refractivity contribution in [1.29, 1.82) is 0 Å². The molecule has 1 N–H and O–H groups in total. The maximum atomic E-state index is 10.6. The number of carbonyl (C=O) groups is 1. The summed E-state index contributed by atoms with van der Waals surface area (Å²) in [6.07, 6.45) is 0.0137. The predicted octanol–water partition coefficient (Wildman–Crippen LogP) is 2.58. The first-order chi connectivity index (χ1) is 7.58. The Hall–Kier alpha value is -1.84. The van der Waals surface area contributed by atoms with Crippen molar-refractivity contribution in [2.24, 2.45) is 0 Å². The Morgan fingerprint density at radius 3 is 2.88 bits per heavy atom. The fraction of sp³-hybridized carbons (Fsp3) is 0.333. The summed E-state index contributed by atoms with van der Waals surface area (Å²) in [6.45, 7) is 4.07. The minimum atomic E-state index is -0.841. The standard InChI is InChI=1S/C12H13NO3/c1-7(2)12-9-4-3-8(6-11(14)15)5-10(9)13-16-12/h3-5,7H,6H2,1-2H3,(H,14,15). The summed E-state index contributed by atoms with van der Waals surface area (Å²) in [4.78, 5) is 10.6. The Bertz CT molecular complexity index is 528. The van der Waals surface area contributed by atoms with Crippen molar-refractivity contribution < 1.29 is 14.4 Å². The van der Waals surface area contributed by atoms with Crippen LogP contribution in [-0.4, -0.2) is 16.2 Å². The number of aliphatic carboxylic acids is 1. The van der Waals surface area contributed by atoms with E-state index in [1.165, 1.54) is 0 Å². The minimum absolute atomic E-state index is 0.0137. The number of nitrogens with zero attached hydrogens (tertiary/aromatic N) is 1. The van der Waals surface area contributed by atoms with Crippen LogP contribution in [-0.2, 0) is 11.2 Å². The SMILES string of the molecule is CC(C)c1onc2cc(CC(=O)O)ccc12. The zero-order valence-corrected chi connectivity index (χ0v) is 9.23. The van der Waals surface area contributed by atoms with Gasteiger partial charge in [-0.05, 0) is 17.7 Å². The second kappa shape index (κ2) is 3.96. The van der Waals surface area contributed by atoms with E-state index in [-0.39, 0.29) is 12.3 Å². The lowest BCUT2D eigenvalue weighted by Gasteiger charge is -1.99. The molecule has 0 unspecified atom stereocenters. The van der Waals surface area contributed by atoms with E-state index in [4.69, 9.17) is 9.63 Å². The molecule has 16 heavy (non-hydrogen) atoms. The van der Waals surface area contributed by atoms with Crippen molar-refractivity contribution in [1.82, 2.24) is 5.16 Å². The number of carboxylic acids is 1. The molecule has 2 rings (SSSR count). The highest BCUT2D eigenvalue weighted by molar-refractivity contribution is 5.82. The van der Waals surface area contributed by atoms with Gasteiger partial charge in [0.25, 0.3) is 0 Å². The van der Waals surface area contributed by atoms with Crippen molar-refractivity contribution in [3.05, 3.63) is 29.5 Å². The van der Waals surface area contributed by atoms with Crippen LogP contribution in [0.15, 0.2) is 22.7 Å². The molecule has 2 aromatic rings. The van der Waals surface area contributed by atoms with Crippen LogP contribution in [0, 0.1) is 0 Å². The molecule has 0 atom stereocenters. The highest BCUT2D eigenvalue weighted by Gasteiger charge is 2.12. The van der Waals surface area contributed by atoms with E-state index in [9.17, 15) is 4.79 Å². The Morgan fingerprint density at radius 2 is 2.25 bits per heavy atom. The molecule has 0 aliphatic rings. The molecule has 1 heterocycles. The summed E-state index contributed by atoms with van der Waals surface area (Å²) in [5.41, 5.74) is 1.46. The maximum Gasteiger partial charge on any atom is 0.307 e. The minimum Gasteiger partial charge on any atom is -0.481 e. The zero-order chi connectivity index (χ0) is 11.7. The Labute approximate surface area is 92.9 Å². The number of fused-ring (bicyclic) bond motifs is 1.